The van der Waals surface area contributed by atoms with Crippen LogP contribution in [-0.2, 0) is 29.6 Å². The number of piperidine rings is 1. The van der Waals surface area contributed by atoms with Crippen molar-refractivity contribution in [2.45, 2.75) is 21.9 Å². The molecule has 35 heavy (non-hydrogen) atoms. The Hall–Kier alpha value is -2.03. The van der Waals surface area contributed by atoms with Gasteiger partial charge in [0.25, 0.3) is 10.0 Å². The molecule has 0 spiro atoms. The number of rotatable bonds is 9. The summed E-state index contributed by atoms with van der Waals surface area (Å²) in [6.45, 7) is 2.45. The van der Waals surface area contributed by atoms with Crippen LogP contribution in [-0.4, -0.2) is 83.9 Å². The lowest BCUT2D eigenvalue weighted by Gasteiger charge is -2.30. The number of amides is 1. The minimum absolute atomic E-state index is 0.159. The molecule has 2 saturated heterocycles. The molecule has 1 aromatic heterocycles. The number of thiophene rings is 1. The lowest BCUT2D eigenvalue weighted by atomic mass is 9.99. The quantitative estimate of drug-likeness (QED) is 0.474. The van der Waals surface area contributed by atoms with Gasteiger partial charge in [0.05, 0.1) is 30.6 Å². The normalized spacial score (nSPS) is 20.4. The average molecular weight is 544 g/mol. The van der Waals surface area contributed by atoms with Gasteiger partial charge in [0.1, 0.15) is 16.6 Å². The van der Waals surface area contributed by atoms with Crippen LogP contribution in [0.5, 0.6) is 5.75 Å². The van der Waals surface area contributed by atoms with Gasteiger partial charge in [0.15, 0.2) is 0 Å². The molecule has 0 aliphatic carbocycles. The molecule has 1 unspecified atom stereocenters. The molecule has 2 aliphatic heterocycles. The molecule has 2 fully saturated rings. The first-order valence-electron chi connectivity index (χ1n) is 11.4. The standard InChI is InChI=1S/C22H29N3O7S3/c26-22(18-3-1-10-25(17-18)35(29,30)21-4-2-16-33-21)23-9-13-32-19-5-7-20(8-6-19)34(27,28)24-11-14-31-15-12-24/h2,4-8,16,18H,1,3,9-15,17H2,(H,23,26). The Labute approximate surface area is 209 Å². The lowest BCUT2D eigenvalue weighted by Crippen LogP contribution is -2.45. The van der Waals surface area contributed by atoms with E-state index in [1.54, 1.807) is 29.6 Å². The molecule has 1 aromatic carbocycles. The largest absolute Gasteiger partial charge is 0.492 e. The number of carbonyl (C=O) groups is 1. The predicted octanol–water partition coefficient (Wildman–Crippen LogP) is 1.36. The number of carbonyl (C=O) groups excluding carboxylic acids is 1. The zero-order chi connectivity index (χ0) is 24.9. The van der Waals surface area contributed by atoms with Crippen molar-refractivity contribution in [3.8, 4) is 5.75 Å². The number of sulfonamides is 2. The van der Waals surface area contributed by atoms with Crippen molar-refractivity contribution in [3.63, 3.8) is 0 Å². The molecule has 0 bridgehead atoms. The van der Waals surface area contributed by atoms with E-state index in [9.17, 15) is 21.6 Å². The Balaban J connectivity index is 1.23. The Kier molecular flexibility index (Phi) is 8.45. The van der Waals surface area contributed by atoms with Crippen molar-refractivity contribution >= 4 is 37.3 Å². The summed E-state index contributed by atoms with van der Waals surface area (Å²) in [6, 6.07) is 9.45. The van der Waals surface area contributed by atoms with Crippen LogP contribution in [0.15, 0.2) is 50.9 Å². The van der Waals surface area contributed by atoms with Crippen LogP contribution in [0, 0.1) is 5.92 Å². The minimum Gasteiger partial charge on any atom is -0.492 e. The molecule has 2 aromatic rings. The van der Waals surface area contributed by atoms with E-state index in [0.717, 1.165) is 0 Å². The summed E-state index contributed by atoms with van der Waals surface area (Å²) in [4.78, 5) is 12.8. The zero-order valence-corrected chi connectivity index (χ0v) is 21.6. The molecule has 1 atom stereocenters. The molecule has 0 saturated carbocycles. The third-order valence-electron chi connectivity index (χ3n) is 5.95. The second-order valence-electron chi connectivity index (χ2n) is 8.26. The van der Waals surface area contributed by atoms with Gasteiger partial charge in [-0.2, -0.15) is 8.61 Å². The SMILES string of the molecule is O=C(NCCOc1ccc(S(=O)(=O)N2CCOCC2)cc1)C1CCCN(S(=O)(=O)c2cccs2)C1. The molecular weight excluding hydrogens is 514 g/mol. The van der Waals surface area contributed by atoms with Crippen LogP contribution in [0.25, 0.3) is 0 Å². The van der Waals surface area contributed by atoms with Crippen LogP contribution in [0.4, 0.5) is 0 Å². The Bertz CT molecular complexity index is 1190. The Morgan fingerprint density at radius 3 is 2.46 bits per heavy atom. The van der Waals surface area contributed by atoms with Gasteiger partial charge >= 0.3 is 0 Å². The van der Waals surface area contributed by atoms with Gasteiger partial charge in [0.2, 0.25) is 15.9 Å². The number of nitrogens with one attached hydrogen (secondary N) is 1. The molecule has 4 rings (SSSR count). The van der Waals surface area contributed by atoms with E-state index in [0.29, 0.717) is 51.4 Å². The fraction of sp³-hybridized carbons (Fsp3) is 0.500. The maximum atomic E-state index is 12.7. The van der Waals surface area contributed by atoms with Gasteiger partial charge in [-0.3, -0.25) is 4.79 Å². The Morgan fingerprint density at radius 1 is 1.03 bits per heavy atom. The summed E-state index contributed by atoms with van der Waals surface area (Å²) in [7, 11) is -7.14. The van der Waals surface area contributed by atoms with Crippen molar-refractivity contribution in [2.75, 3.05) is 52.5 Å². The summed E-state index contributed by atoms with van der Waals surface area (Å²) >= 11 is 1.17. The maximum Gasteiger partial charge on any atom is 0.252 e. The lowest BCUT2D eigenvalue weighted by molar-refractivity contribution is -0.126. The highest BCUT2D eigenvalue weighted by Gasteiger charge is 2.33. The van der Waals surface area contributed by atoms with Crippen molar-refractivity contribution in [1.82, 2.24) is 13.9 Å². The van der Waals surface area contributed by atoms with Gasteiger partial charge in [0, 0.05) is 26.2 Å². The van der Waals surface area contributed by atoms with Gasteiger partial charge in [-0.1, -0.05) is 6.07 Å². The minimum atomic E-state index is -3.57. The van der Waals surface area contributed by atoms with Crippen LogP contribution < -0.4 is 10.1 Å². The van der Waals surface area contributed by atoms with E-state index in [1.807, 2.05) is 0 Å². The number of morpholine rings is 1. The van der Waals surface area contributed by atoms with Crippen LogP contribution in [0.1, 0.15) is 12.8 Å². The van der Waals surface area contributed by atoms with Crippen molar-refractivity contribution < 1.29 is 31.1 Å². The van der Waals surface area contributed by atoms with E-state index in [1.165, 1.54) is 32.1 Å². The number of ether oxygens (including phenoxy) is 2. The van der Waals surface area contributed by atoms with E-state index in [4.69, 9.17) is 9.47 Å². The highest BCUT2D eigenvalue weighted by molar-refractivity contribution is 7.91. The van der Waals surface area contributed by atoms with Crippen LogP contribution in [0.2, 0.25) is 0 Å². The summed E-state index contributed by atoms with van der Waals surface area (Å²) in [6.07, 6.45) is 1.25. The molecule has 3 heterocycles. The smallest absolute Gasteiger partial charge is 0.252 e. The van der Waals surface area contributed by atoms with Gasteiger partial charge < -0.3 is 14.8 Å². The fourth-order valence-corrected chi connectivity index (χ4v) is 8.12. The maximum absolute atomic E-state index is 12.7. The first-order valence-corrected chi connectivity index (χ1v) is 15.2. The summed E-state index contributed by atoms with van der Waals surface area (Å²) in [5.74, 6) is -0.124. The van der Waals surface area contributed by atoms with Gasteiger partial charge in [-0.05, 0) is 48.6 Å². The Morgan fingerprint density at radius 2 is 1.77 bits per heavy atom. The molecule has 13 heteroatoms. The van der Waals surface area contributed by atoms with E-state index in [-0.39, 0.29) is 34.7 Å². The van der Waals surface area contributed by atoms with Crippen molar-refractivity contribution in [3.05, 3.63) is 41.8 Å². The number of benzene rings is 1. The molecule has 192 valence electrons. The summed E-state index contributed by atoms with van der Waals surface area (Å²) < 4.78 is 64.8. The van der Waals surface area contributed by atoms with E-state index < -0.39 is 26.0 Å². The van der Waals surface area contributed by atoms with Gasteiger partial charge in [-0.15, -0.1) is 11.3 Å². The van der Waals surface area contributed by atoms with Crippen LogP contribution >= 0.6 is 11.3 Å². The number of hydrogen-bond donors (Lipinski definition) is 1. The molecule has 1 N–H and O–H groups in total. The highest BCUT2D eigenvalue weighted by Crippen LogP contribution is 2.26. The second kappa shape index (κ2) is 11.4. The first-order chi connectivity index (χ1) is 16.8. The van der Waals surface area contributed by atoms with E-state index in [2.05, 4.69) is 5.32 Å². The molecule has 0 radical (unpaired) electrons. The molecular formula is C22H29N3O7S3. The predicted molar refractivity (Wildman–Crippen MR) is 130 cm³/mol. The van der Waals surface area contributed by atoms with Gasteiger partial charge in [-0.25, -0.2) is 16.8 Å². The fourth-order valence-electron chi connectivity index (χ4n) is 4.04. The van der Waals surface area contributed by atoms with E-state index >= 15 is 0 Å². The first kappa shape index (κ1) is 26.0. The molecule has 10 nitrogen and oxygen atoms in total. The summed E-state index contributed by atoms with van der Waals surface area (Å²) in [5, 5.41) is 4.53. The topological polar surface area (TPSA) is 122 Å². The zero-order valence-electron chi connectivity index (χ0n) is 19.2. The van der Waals surface area contributed by atoms with Crippen LogP contribution in [0.3, 0.4) is 0 Å². The molecule has 2 aliphatic rings. The summed E-state index contributed by atoms with van der Waals surface area (Å²) in [5.41, 5.74) is 0. The van der Waals surface area contributed by atoms with Crippen molar-refractivity contribution in [1.29, 1.82) is 0 Å². The highest BCUT2D eigenvalue weighted by atomic mass is 32.2. The third-order valence-corrected chi connectivity index (χ3v) is 11.1. The average Bonchev–Trinajstić information content (AvgIpc) is 3.44. The third kappa shape index (κ3) is 6.22. The number of nitrogens with zero attached hydrogens (tertiary/aromatic N) is 2. The molecule has 1 amide bonds. The second-order valence-corrected chi connectivity index (χ2v) is 13.3. The number of hydrogen-bond acceptors (Lipinski definition) is 8. The monoisotopic (exact) mass is 543 g/mol. The van der Waals surface area contributed by atoms with Crippen molar-refractivity contribution in [2.24, 2.45) is 5.92 Å².